The van der Waals surface area contributed by atoms with E-state index in [0.717, 1.165) is 4.68 Å². The van der Waals surface area contributed by atoms with Crippen LogP contribution < -0.4 is 11.0 Å². The van der Waals surface area contributed by atoms with Gasteiger partial charge in [0.05, 0.1) is 16.5 Å². The molecule has 6 nitrogen and oxygen atoms in total. The second-order valence-corrected chi connectivity index (χ2v) is 4.39. The molecule has 3 rings (SSSR count). The van der Waals surface area contributed by atoms with Crippen molar-refractivity contribution in [3.8, 4) is 5.75 Å². The van der Waals surface area contributed by atoms with E-state index < -0.39 is 5.91 Å². The number of aromatic nitrogens is 2. The topological polar surface area (TPSA) is 84.2 Å². The van der Waals surface area contributed by atoms with E-state index in [0.29, 0.717) is 10.9 Å². The molecular formula is C15H11N3O3. The fourth-order valence-electron chi connectivity index (χ4n) is 1.98. The summed E-state index contributed by atoms with van der Waals surface area (Å²) in [7, 11) is 0. The molecular weight excluding hydrogens is 270 g/mol. The van der Waals surface area contributed by atoms with E-state index in [-0.39, 0.29) is 16.9 Å². The van der Waals surface area contributed by atoms with Crippen molar-refractivity contribution in [3.05, 3.63) is 70.8 Å². The predicted molar refractivity (Wildman–Crippen MR) is 77.8 cm³/mol. The summed E-state index contributed by atoms with van der Waals surface area (Å²) < 4.78 is 0.997. The van der Waals surface area contributed by atoms with Crippen LogP contribution in [0.15, 0.2) is 59.7 Å². The van der Waals surface area contributed by atoms with Crippen molar-refractivity contribution in [1.29, 1.82) is 0 Å². The number of rotatable bonds is 2. The molecule has 0 aliphatic rings. The Bertz CT molecular complexity index is 886. The Labute approximate surface area is 119 Å². The summed E-state index contributed by atoms with van der Waals surface area (Å²) in [6, 6.07) is 12.9. The van der Waals surface area contributed by atoms with Gasteiger partial charge in [-0.25, -0.2) is 9.66 Å². The minimum absolute atomic E-state index is 0.0811. The maximum atomic E-state index is 12.2. The number of amides is 1. The van der Waals surface area contributed by atoms with Crippen molar-refractivity contribution in [2.45, 2.75) is 0 Å². The Morgan fingerprint density at radius 2 is 1.81 bits per heavy atom. The maximum absolute atomic E-state index is 12.2. The summed E-state index contributed by atoms with van der Waals surface area (Å²) in [4.78, 5) is 28.4. The molecule has 0 saturated heterocycles. The Balaban J connectivity index is 1.99. The highest BCUT2D eigenvalue weighted by Crippen LogP contribution is 2.15. The van der Waals surface area contributed by atoms with Gasteiger partial charge in [-0.2, -0.15) is 0 Å². The molecule has 3 aromatic rings. The number of nitrogens with zero attached hydrogens (tertiary/aromatic N) is 2. The van der Waals surface area contributed by atoms with E-state index in [4.69, 9.17) is 0 Å². The van der Waals surface area contributed by atoms with Gasteiger partial charge in [-0.1, -0.05) is 24.3 Å². The number of aromatic hydroxyl groups is 1. The standard InChI is InChI=1S/C15H11N3O3/c19-13-8-4-2-6-11(13)14(20)17-18-9-16-12-7-3-1-5-10(12)15(18)21/h1-9,19H,(H,17,20). The number of nitrogens with one attached hydrogen (secondary N) is 1. The normalized spacial score (nSPS) is 10.5. The summed E-state index contributed by atoms with van der Waals surface area (Å²) in [6.45, 7) is 0. The third-order valence-corrected chi connectivity index (χ3v) is 3.04. The van der Waals surface area contributed by atoms with Gasteiger partial charge in [-0.15, -0.1) is 0 Å². The number of para-hydroxylation sites is 2. The molecule has 0 spiro atoms. The van der Waals surface area contributed by atoms with Gasteiger partial charge in [0, 0.05) is 0 Å². The summed E-state index contributed by atoms with van der Waals surface area (Å²) >= 11 is 0. The quantitative estimate of drug-likeness (QED) is 0.745. The van der Waals surface area contributed by atoms with Crippen molar-refractivity contribution in [2.24, 2.45) is 0 Å². The van der Waals surface area contributed by atoms with Gasteiger partial charge in [0.15, 0.2) is 0 Å². The molecule has 0 saturated carbocycles. The van der Waals surface area contributed by atoms with Crippen molar-refractivity contribution >= 4 is 16.8 Å². The number of carbonyl (C=O) groups excluding carboxylic acids is 1. The molecule has 2 aromatic carbocycles. The first-order chi connectivity index (χ1) is 10.2. The van der Waals surface area contributed by atoms with Crippen LogP contribution in [0.5, 0.6) is 5.75 Å². The molecule has 2 N–H and O–H groups in total. The Kier molecular flexibility index (Phi) is 3.12. The van der Waals surface area contributed by atoms with Gasteiger partial charge in [0.1, 0.15) is 12.1 Å². The number of hydrogen-bond donors (Lipinski definition) is 2. The molecule has 21 heavy (non-hydrogen) atoms. The first-order valence-electron chi connectivity index (χ1n) is 6.22. The van der Waals surface area contributed by atoms with Gasteiger partial charge >= 0.3 is 0 Å². The highest BCUT2D eigenvalue weighted by molar-refractivity contribution is 6.02. The average Bonchev–Trinajstić information content (AvgIpc) is 2.51. The number of carbonyl (C=O) groups is 1. The second kappa shape index (κ2) is 5.09. The van der Waals surface area contributed by atoms with E-state index >= 15 is 0 Å². The Morgan fingerprint density at radius 3 is 2.62 bits per heavy atom. The number of phenols is 1. The van der Waals surface area contributed by atoms with Crippen LogP contribution >= 0.6 is 0 Å². The van der Waals surface area contributed by atoms with Crippen molar-refractivity contribution < 1.29 is 9.90 Å². The summed E-state index contributed by atoms with van der Waals surface area (Å²) in [5.74, 6) is -0.746. The van der Waals surface area contributed by atoms with Crippen LogP contribution in [0.25, 0.3) is 10.9 Å². The SMILES string of the molecule is O=C(Nn1cnc2ccccc2c1=O)c1ccccc1O. The van der Waals surface area contributed by atoms with Gasteiger partial charge in [-0.05, 0) is 24.3 Å². The zero-order chi connectivity index (χ0) is 14.8. The molecule has 104 valence electrons. The number of benzene rings is 2. The molecule has 1 aromatic heterocycles. The predicted octanol–water partition coefficient (Wildman–Crippen LogP) is 1.49. The van der Waals surface area contributed by atoms with E-state index in [1.54, 1.807) is 36.4 Å². The van der Waals surface area contributed by atoms with Crippen LogP contribution in [0.2, 0.25) is 0 Å². The van der Waals surface area contributed by atoms with Gasteiger partial charge in [0.2, 0.25) is 0 Å². The fourth-order valence-corrected chi connectivity index (χ4v) is 1.98. The largest absolute Gasteiger partial charge is 0.507 e. The molecule has 0 fully saturated rings. The van der Waals surface area contributed by atoms with Crippen LogP contribution in [-0.2, 0) is 0 Å². The van der Waals surface area contributed by atoms with Crippen molar-refractivity contribution in [3.63, 3.8) is 0 Å². The molecule has 1 amide bonds. The highest BCUT2D eigenvalue weighted by atomic mass is 16.3. The van der Waals surface area contributed by atoms with Crippen LogP contribution in [-0.4, -0.2) is 20.7 Å². The Morgan fingerprint density at radius 1 is 1.10 bits per heavy atom. The lowest BCUT2D eigenvalue weighted by molar-refractivity contribution is 0.100. The monoisotopic (exact) mass is 281 g/mol. The molecule has 0 radical (unpaired) electrons. The first kappa shape index (κ1) is 12.9. The fraction of sp³-hybridized carbons (Fsp3) is 0. The van der Waals surface area contributed by atoms with Crippen LogP contribution in [0, 0.1) is 0 Å². The summed E-state index contributed by atoms with van der Waals surface area (Å²) in [5.41, 5.74) is 2.65. The van der Waals surface area contributed by atoms with Crippen molar-refractivity contribution in [2.75, 3.05) is 5.43 Å². The van der Waals surface area contributed by atoms with E-state index in [1.165, 1.54) is 18.5 Å². The zero-order valence-electron chi connectivity index (χ0n) is 10.9. The van der Waals surface area contributed by atoms with Crippen LogP contribution in [0.1, 0.15) is 10.4 Å². The molecule has 0 bridgehead atoms. The molecule has 0 unspecified atom stereocenters. The summed E-state index contributed by atoms with van der Waals surface area (Å²) in [5, 5.41) is 10.0. The number of phenolic OH excluding ortho intramolecular Hbond substituents is 1. The van der Waals surface area contributed by atoms with E-state index in [2.05, 4.69) is 10.4 Å². The highest BCUT2D eigenvalue weighted by Gasteiger charge is 2.12. The zero-order valence-corrected chi connectivity index (χ0v) is 10.9. The molecule has 0 aliphatic carbocycles. The van der Waals surface area contributed by atoms with Crippen molar-refractivity contribution in [1.82, 2.24) is 9.66 Å². The Hall–Kier alpha value is -3.15. The van der Waals surface area contributed by atoms with Crippen LogP contribution in [0.4, 0.5) is 0 Å². The second-order valence-electron chi connectivity index (χ2n) is 4.39. The van der Waals surface area contributed by atoms with E-state index in [1.807, 2.05) is 0 Å². The molecule has 0 atom stereocenters. The third kappa shape index (κ3) is 2.34. The lowest BCUT2D eigenvalue weighted by Gasteiger charge is -2.09. The lowest BCUT2D eigenvalue weighted by Crippen LogP contribution is -2.33. The number of fused-ring (bicyclic) bond motifs is 1. The minimum atomic E-state index is -0.590. The van der Waals surface area contributed by atoms with E-state index in [9.17, 15) is 14.7 Å². The first-order valence-corrected chi connectivity index (χ1v) is 6.22. The third-order valence-electron chi connectivity index (χ3n) is 3.04. The van der Waals surface area contributed by atoms with Crippen LogP contribution in [0.3, 0.4) is 0 Å². The maximum Gasteiger partial charge on any atom is 0.280 e. The van der Waals surface area contributed by atoms with Gasteiger partial charge in [0.25, 0.3) is 11.5 Å². The molecule has 0 aliphatic heterocycles. The smallest absolute Gasteiger partial charge is 0.280 e. The molecule has 1 heterocycles. The van der Waals surface area contributed by atoms with Gasteiger partial charge < -0.3 is 5.11 Å². The minimum Gasteiger partial charge on any atom is -0.507 e. The molecule has 6 heteroatoms. The van der Waals surface area contributed by atoms with Gasteiger partial charge in [-0.3, -0.25) is 15.0 Å². The average molecular weight is 281 g/mol. The lowest BCUT2D eigenvalue weighted by atomic mass is 10.2. The number of hydrogen-bond acceptors (Lipinski definition) is 4. The summed E-state index contributed by atoms with van der Waals surface area (Å²) in [6.07, 6.45) is 1.24.